The number of nitrogens with one attached hydrogen (secondary N) is 1. The van der Waals surface area contributed by atoms with Gasteiger partial charge in [-0.2, -0.15) is 4.31 Å². The number of amides is 1. The zero-order valence-electron chi connectivity index (χ0n) is 15.4. The van der Waals surface area contributed by atoms with Crippen molar-refractivity contribution in [1.82, 2.24) is 14.6 Å². The summed E-state index contributed by atoms with van der Waals surface area (Å²) in [5.41, 5.74) is 1.36. The number of aryl methyl sites for hydroxylation is 1. The SMILES string of the molecule is COc1ccc(S(=O)(=O)N2CCC(NC(=O)c3ccc(C)nc3)CC2)cc1. The van der Waals surface area contributed by atoms with Crippen LogP contribution in [0.5, 0.6) is 5.75 Å². The standard InChI is InChI=1S/C19H23N3O4S/c1-14-3-4-15(13-20-14)19(23)21-16-9-11-22(12-10-16)27(24,25)18-7-5-17(26-2)6-8-18/h3-8,13,16H,9-12H2,1-2H3,(H,21,23). The van der Waals surface area contributed by atoms with Gasteiger partial charge >= 0.3 is 0 Å². The van der Waals surface area contributed by atoms with Gasteiger partial charge in [0.15, 0.2) is 0 Å². The summed E-state index contributed by atoms with van der Waals surface area (Å²) in [5.74, 6) is 0.430. The monoisotopic (exact) mass is 389 g/mol. The summed E-state index contributed by atoms with van der Waals surface area (Å²) in [7, 11) is -2.00. The van der Waals surface area contributed by atoms with E-state index in [1.165, 1.54) is 11.4 Å². The second kappa shape index (κ2) is 8.06. The number of rotatable bonds is 5. The molecule has 27 heavy (non-hydrogen) atoms. The Kier molecular flexibility index (Phi) is 5.76. The molecule has 7 nitrogen and oxygen atoms in total. The molecule has 1 aromatic carbocycles. The van der Waals surface area contributed by atoms with Crippen LogP contribution in [0.2, 0.25) is 0 Å². The van der Waals surface area contributed by atoms with Gasteiger partial charge in [-0.1, -0.05) is 0 Å². The molecule has 0 radical (unpaired) electrons. The number of pyridine rings is 1. The van der Waals surface area contributed by atoms with Crippen molar-refractivity contribution < 1.29 is 17.9 Å². The summed E-state index contributed by atoms with van der Waals surface area (Å²) >= 11 is 0. The van der Waals surface area contributed by atoms with Crippen LogP contribution in [0.4, 0.5) is 0 Å². The topological polar surface area (TPSA) is 88.6 Å². The summed E-state index contributed by atoms with van der Waals surface area (Å²) in [6.07, 6.45) is 2.69. The van der Waals surface area contributed by atoms with Gasteiger partial charge in [0, 0.05) is 31.0 Å². The highest BCUT2D eigenvalue weighted by atomic mass is 32.2. The molecule has 1 saturated heterocycles. The minimum absolute atomic E-state index is 0.0545. The molecule has 0 atom stereocenters. The number of aromatic nitrogens is 1. The molecule has 1 fully saturated rings. The quantitative estimate of drug-likeness (QED) is 0.845. The Balaban J connectivity index is 1.59. The maximum absolute atomic E-state index is 12.8. The molecule has 0 aliphatic carbocycles. The molecule has 1 amide bonds. The summed E-state index contributed by atoms with van der Waals surface area (Å²) < 4.78 is 32.0. The molecule has 0 spiro atoms. The van der Waals surface area contributed by atoms with E-state index in [4.69, 9.17) is 4.74 Å². The van der Waals surface area contributed by atoms with E-state index in [1.807, 2.05) is 6.92 Å². The van der Waals surface area contributed by atoms with Crippen LogP contribution in [0.3, 0.4) is 0 Å². The first kappa shape index (κ1) is 19.3. The van der Waals surface area contributed by atoms with Crippen LogP contribution in [0, 0.1) is 6.92 Å². The Morgan fingerprint density at radius 2 is 1.81 bits per heavy atom. The fourth-order valence-corrected chi connectivity index (χ4v) is 4.48. The highest BCUT2D eigenvalue weighted by molar-refractivity contribution is 7.89. The number of carbonyl (C=O) groups is 1. The van der Waals surface area contributed by atoms with Gasteiger partial charge in [-0.3, -0.25) is 9.78 Å². The second-order valence-corrected chi connectivity index (χ2v) is 8.45. The summed E-state index contributed by atoms with van der Waals surface area (Å²) in [5, 5.41) is 2.96. The highest BCUT2D eigenvalue weighted by Gasteiger charge is 2.30. The van der Waals surface area contributed by atoms with Gasteiger partial charge in [0.05, 0.1) is 17.6 Å². The number of piperidine rings is 1. The summed E-state index contributed by atoms with van der Waals surface area (Å²) in [6, 6.07) is 9.84. The normalized spacial score (nSPS) is 16.1. The Bertz CT molecular complexity index is 888. The van der Waals surface area contributed by atoms with Gasteiger partial charge in [-0.05, 0) is 56.2 Å². The lowest BCUT2D eigenvalue weighted by atomic mass is 10.1. The average Bonchev–Trinajstić information content (AvgIpc) is 2.69. The van der Waals surface area contributed by atoms with Crippen molar-refractivity contribution in [3.8, 4) is 5.75 Å². The minimum Gasteiger partial charge on any atom is -0.497 e. The van der Waals surface area contributed by atoms with Crippen LogP contribution in [0.15, 0.2) is 47.5 Å². The van der Waals surface area contributed by atoms with Crippen LogP contribution < -0.4 is 10.1 Å². The average molecular weight is 389 g/mol. The van der Waals surface area contributed by atoms with Crippen LogP contribution in [-0.4, -0.2) is 49.9 Å². The van der Waals surface area contributed by atoms with E-state index in [2.05, 4.69) is 10.3 Å². The van der Waals surface area contributed by atoms with Gasteiger partial charge < -0.3 is 10.1 Å². The molecule has 3 rings (SSSR count). The first-order valence-corrected chi connectivity index (χ1v) is 10.2. The Morgan fingerprint density at radius 1 is 1.15 bits per heavy atom. The third-order valence-corrected chi connectivity index (χ3v) is 6.57. The number of benzene rings is 1. The van der Waals surface area contributed by atoms with Crippen LogP contribution in [0.25, 0.3) is 0 Å². The number of hydrogen-bond donors (Lipinski definition) is 1. The van der Waals surface area contributed by atoms with E-state index < -0.39 is 10.0 Å². The maximum Gasteiger partial charge on any atom is 0.253 e. The van der Waals surface area contributed by atoms with Gasteiger partial charge in [0.1, 0.15) is 5.75 Å². The molecule has 0 unspecified atom stereocenters. The molecule has 2 heterocycles. The van der Waals surface area contributed by atoms with E-state index in [0.717, 1.165) is 5.69 Å². The van der Waals surface area contributed by atoms with E-state index >= 15 is 0 Å². The first-order valence-electron chi connectivity index (χ1n) is 8.78. The molecule has 1 N–H and O–H groups in total. The van der Waals surface area contributed by atoms with Crippen molar-refractivity contribution in [3.05, 3.63) is 53.9 Å². The molecule has 1 aromatic heterocycles. The van der Waals surface area contributed by atoms with E-state index in [9.17, 15) is 13.2 Å². The number of methoxy groups -OCH3 is 1. The van der Waals surface area contributed by atoms with E-state index in [1.54, 1.807) is 42.6 Å². The predicted octanol–water partition coefficient (Wildman–Crippen LogP) is 1.98. The fourth-order valence-electron chi connectivity index (χ4n) is 3.01. The summed E-state index contributed by atoms with van der Waals surface area (Å²) in [6.45, 7) is 2.59. The Labute approximate surface area is 159 Å². The van der Waals surface area contributed by atoms with Gasteiger partial charge in [0.2, 0.25) is 10.0 Å². The van der Waals surface area contributed by atoms with Gasteiger partial charge in [-0.25, -0.2) is 8.42 Å². The van der Waals surface area contributed by atoms with Crippen molar-refractivity contribution in [2.75, 3.05) is 20.2 Å². The lowest BCUT2D eigenvalue weighted by molar-refractivity contribution is 0.0923. The third-order valence-electron chi connectivity index (χ3n) is 4.66. The molecule has 0 bridgehead atoms. The Hall–Kier alpha value is -2.45. The zero-order chi connectivity index (χ0) is 19.4. The lowest BCUT2D eigenvalue weighted by Gasteiger charge is -2.31. The number of carbonyl (C=O) groups excluding carboxylic acids is 1. The predicted molar refractivity (Wildman–Crippen MR) is 101 cm³/mol. The van der Waals surface area contributed by atoms with E-state index in [0.29, 0.717) is 37.2 Å². The number of nitrogens with zero attached hydrogens (tertiary/aromatic N) is 2. The lowest BCUT2D eigenvalue weighted by Crippen LogP contribution is -2.46. The molecular formula is C19H23N3O4S. The smallest absolute Gasteiger partial charge is 0.253 e. The molecule has 1 aliphatic heterocycles. The van der Waals surface area contributed by atoms with Crippen LogP contribution in [-0.2, 0) is 10.0 Å². The highest BCUT2D eigenvalue weighted by Crippen LogP contribution is 2.23. The third kappa shape index (κ3) is 4.45. The molecule has 0 saturated carbocycles. The van der Waals surface area contributed by atoms with Crippen molar-refractivity contribution >= 4 is 15.9 Å². The molecule has 144 valence electrons. The fraction of sp³-hybridized carbons (Fsp3) is 0.368. The first-order chi connectivity index (χ1) is 12.9. The maximum atomic E-state index is 12.8. The van der Waals surface area contributed by atoms with Crippen LogP contribution >= 0.6 is 0 Å². The van der Waals surface area contributed by atoms with Crippen molar-refractivity contribution in [1.29, 1.82) is 0 Å². The van der Waals surface area contributed by atoms with Crippen molar-refractivity contribution in [2.24, 2.45) is 0 Å². The molecule has 2 aromatic rings. The van der Waals surface area contributed by atoms with Gasteiger partial charge in [0.25, 0.3) is 5.91 Å². The van der Waals surface area contributed by atoms with Crippen molar-refractivity contribution in [3.63, 3.8) is 0 Å². The number of ether oxygens (including phenoxy) is 1. The molecule has 1 aliphatic rings. The van der Waals surface area contributed by atoms with Crippen LogP contribution in [0.1, 0.15) is 28.9 Å². The zero-order valence-corrected chi connectivity index (χ0v) is 16.2. The largest absolute Gasteiger partial charge is 0.497 e. The minimum atomic E-state index is -3.54. The Morgan fingerprint density at radius 3 is 2.37 bits per heavy atom. The van der Waals surface area contributed by atoms with E-state index in [-0.39, 0.29) is 16.8 Å². The molecule has 8 heteroatoms. The van der Waals surface area contributed by atoms with Gasteiger partial charge in [-0.15, -0.1) is 0 Å². The molecular weight excluding hydrogens is 366 g/mol. The van der Waals surface area contributed by atoms with Crippen molar-refractivity contribution in [2.45, 2.75) is 30.7 Å². The number of sulfonamides is 1. The second-order valence-electron chi connectivity index (χ2n) is 6.52. The number of hydrogen-bond acceptors (Lipinski definition) is 5. The summed E-state index contributed by atoms with van der Waals surface area (Å²) in [4.78, 5) is 16.7.